The van der Waals surface area contributed by atoms with E-state index in [2.05, 4.69) is 10.6 Å². The lowest BCUT2D eigenvalue weighted by molar-refractivity contribution is -0.131. The minimum absolute atomic E-state index is 0.0269. The third-order valence-electron chi connectivity index (χ3n) is 2.98. The predicted molar refractivity (Wildman–Crippen MR) is 67.5 cm³/mol. The lowest BCUT2D eigenvalue weighted by Crippen LogP contribution is -2.51. The lowest BCUT2D eigenvalue weighted by Gasteiger charge is -2.24. The molecule has 0 saturated heterocycles. The molecule has 0 spiro atoms. The van der Waals surface area contributed by atoms with Crippen LogP contribution in [0.3, 0.4) is 0 Å². The van der Waals surface area contributed by atoms with Gasteiger partial charge in [-0.2, -0.15) is 0 Å². The zero-order valence-corrected chi connectivity index (χ0v) is 11.3. The Labute approximate surface area is 104 Å². The number of hydrogen-bond donors (Lipinski definition) is 2. The quantitative estimate of drug-likeness (QED) is 0.787. The highest BCUT2D eigenvalue weighted by Gasteiger charge is 2.26. The molecule has 0 heterocycles. The van der Waals surface area contributed by atoms with E-state index in [-0.39, 0.29) is 23.3 Å². The van der Waals surface area contributed by atoms with E-state index in [1.807, 2.05) is 20.8 Å². The van der Waals surface area contributed by atoms with Crippen LogP contribution in [0.5, 0.6) is 0 Å². The fourth-order valence-electron chi connectivity index (χ4n) is 2.06. The van der Waals surface area contributed by atoms with Crippen LogP contribution in [0.2, 0.25) is 0 Å². The Kier molecular flexibility index (Phi) is 4.54. The molecule has 2 amide bonds. The van der Waals surface area contributed by atoms with Crippen molar-refractivity contribution in [3.05, 3.63) is 0 Å². The highest BCUT2D eigenvalue weighted by molar-refractivity contribution is 5.88. The molecule has 0 bridgehead atoms. The fourth-order valence-corrected chi connectivity index (χ4v) is 2.06. The largest absolute Gasteiger partial charge is 0.350 e. The third kappa shape index (κ3) is 4.75. The normalized spacial score (nSPS) is 18.8. The number of carbonyl (C=O) groups excluding carboxylic acids is 2. The second kappa shape index (κ2) is 5.52. The van der Waals surface area contributed by atoms with Gasteiger partial charge in [-0.1, -0.05) is 12.8 Å². The van der Waals surface area contributed by atoms with E-state index >= 15 is 0 Å². The standard InChI is InChI=1S/C13H24N2O2/c1-9(11(16)15-13(2,3)4)14-12(17)10-7-5-6-8-10/h9-10H,5-8H2,1-4H3,(H,14,17)(H,15,16)/t9-/m1/s1. The first-order valence-electron chi connectivity index (χ1n) is 6.42. The van der Waals surface area contributed by atoms with Gasteiger partial charge in [0.15, 0.2) is 0 Å². The van der Waals surface area contributed by atoms with Crippen LogP contribution in [0.15, 0.2) is 0 Å². The molecule has 0 aromatic heterocycles. The average Bonchev–Trinajstić information content (AvgIpc) is 2.67. The van der Waals surface area contributed by atoms with Crippen molar-refractivity contribution in [2.45, 2.75) is 65.0 Å². The van der Waals surface area contributed by atoms with E-state index < -0.39 is 6.04 Å². The average molecular weight is 240 g/mol. The van der Waals surface area contributed by atoms with Crippen LogP contribution >= 0.6 is 0 Å². The van der Waals surface area contributed by atoms with Crippen LogP contribution in [-0.2, 0) is 9.59 Å². The number of nitrogens with one attached hydrogen (secondary N) is 2. The molecule has 0 radical (unpaired) electrons. The van der Waals surface area contributed by atoms with Crippen LogP contribution in [0.1, 0.15) is 53.4 Å². The Morgan fingerprint density at radius 2 is 1.71 bits per heavy atom. The van der Waals surface area contributed by atoms with Crippen molar-refractivity contribution in [3.63, 3.8) is 0 Å². The predicted octanol–water partition coefficient (Wildman–Crippen LogP) is 1.60. The first kappa shape index (κ1) is 14.0. The molecule has 0 aromatic rings. The van der Waals surface area contributed by atoms with Gasteiger partial charge in [-0.05, 0) is 40.5 Å². The van der Waals surface area contributed by atoms with Crippen molar-refractivity contribution < 1.29 is 9.59 Å². The maximum absolute atomic E-state index is 11.8. The first-order chi connectivity index (χ1) is 7.79. The van der Waals surface area contributed by atoms with Gasteiger partial charge in [-0.25, -0.2) is 0 Å². The zero-order valence-electron chi connectivity index (χ0n) is 11.3. The topological polar surface area (TPSA) is 58.2 Å². The summed E-state index contributed by atoms with van der Waals surface area (Å²) in [7, 11) is 0. The van der Waals surface area contributed by atoms with Gasteiger partial charge in [-0.15, -0.1) is 0 Å². The van der Waals surface area contributed by atoms with Crippen molar-refractivity contribution >= 4 is 11.8 Å². The molecule has 1 fully saturated rings. The van der Waals surface area contributed by atoms with Crippen LogP contribution in [-0.4, -0.2) is 23.4 Å². The molecule has 4 heteroatoms. The molecule has 1 aliphatic carbocycles. The summed E-state index contributed by atoms with van der Waals surface area (Å²) < 4.78 is 0. The fraction of sp³-hybridized carbons (Fsp3) is 0.846. The van der Waals surface area contributed by atoms with Gasteiger partial charge in [-0.3, -0.25) is 9.59 Å². The molecule has 98 valence electrons. The molecule has 0 aliphatic heterocycles. The molecular formula is C13H24N2O2. The van der Waals surface area contributed by atoms with Gasteiger partial charge in [0, 0.05) is 11.5 Å². The smallest absolute Gasteiger partial charge is 0.242 e. The molecule has 1 saturated carbocycles. The van der Waals surface area contributed by atoms with Crippen molar-refractivity contribution in [1.82, 2.24) is 10.6 Å². The summed E-state index contributed by atoms with van der Waals surface area (Å²) in [5, 5.41) is 5.65. The lowest BCUT2D eigenvalue weighted by atomic mass is 10.1. The Morgan fingerprint density at radius 3 is 2.18 bits per heavy atom. The molecule has 1 aliphatic rings. The molecule has 1 rings (SSSR count). The van der Waals surface area contributed by atoms with Gasteiger partial charge in [0.2, 0.25) is 11.8 Å². The van der Waals surface area contributed by atoms with Crippen LogP contribution in [0, 0.1) is 5.92 Å². The Hall–Kier alpha value is -1.06. The van der Waals surface area contributed by atoms with E-state index in [0.717, 1.165) is 25.7 Å². The zero-order chi connectivity index (χ0) is 13.1. The first-order valence-corrected chi connectivity index (χ1v) is 6.42. The molecule has 4 nitrogen and oxygen atoms in total. The van der Waals surface area contributed by atoms with Crippen molar-refractivity contribution in [3.8, 4) is 0 Å². The molecule has 0 aromatic carbocycles. The van der Waals surface area contributed by atoms with Crippen molar-refractivity contribution in [2.75, 3.05) is 0 Å². The van der Waals surface area contributed by atoms with Gasteiger partial charge < -0.3 is 10.6 Å². The number of hydrogen-bond acceptors (Lipinski definition) is 2. The Morgan fingerprint density at radius 1 is 1.18 bits per heavy atom. The Bertz CT molecular complexity index is 288. The van der Waals surface area contributed by atoms with Gasteiger partial charge in [0.1, 0.15) is 6.04 Å². The monoisotopic (exact) mass is 240 g/mol. The SMILES string of the molecule is C[C@@H](NC(=O)C1CCCC1)C(=O)NC(C)(C)C. The van der Waals surface area contributed by atoms with Gasteiger partial charge >= 0.3 is 0 Å². The number of amides is 2. The summed E-state index contributed by atoms with van der Waals surface area (Å²) >= 11 is 0. The van der Waals surface area contributed by atoms with Crippen LogP contribution < -0.4 is 10.6 Å². The summed E-state index contributed by atoms with van der Waals surface area (Å²) in [5.41, 5.74) is -0.260. The summed E-state index contributed by atoms with van der Waals surface area (Å²) in [6.45, 7) is 7.51. The Balaban J connectivity index is 2.40. The number of rotatable bonds is 3. The third-order valence-corrected chi connectivity index (χ3v) is 2.98. The minimum atomic E-state index is -0.456. The number of carbonyl (C=O) groups is 2. The summed E-state index contributed by atoms with van der Waals surface area (Å²) in [6, 6.07) is -0.456. The highest BCUT2D eigenvalue weighted by atomic mass is 16.2. The van der Waals surface area contributed by atoms with Crippen LogP contribution in [0.4, 0.5) is 0 Å². The van der Waals surface area contributed by atoms with E-state index in [0.29, 0.717) is 0 Å². The minimum Gasteiger partial charge on any atom is -0.350 e. The molecule has 17 heavy (non-hydrogen) atoms. The van der Waals surface area contributed by atoms with E-state index in [1.165, 1.54) is 0 Å². The van der Waals surface area contributed by atoms with E-state index in [1.54, 1.807) is 6.92 Å². The van der Waals surface area contributed by atoms with E-state index in [4.69, 9.17) is 0 Å². The van der Waals surface area contributed by atoms with E-state index in [9.17, 15) is 9.59 Å². The molecule has 2 N–H and O–H groups in total. The molecular weight excluding hydrogens is 216 g/mol. The van der Waals surface area contributed by atoms with Gasteiger partial charge in [0.05, 0.1) is 0 Å². The molecule has 0 unspecified atom stereocenters. The second-order valence-corrected chi connectivity index (χ2v) is 5.95. The summed E-state index contributed by atoms with van der Waals surface area (Å²) in [4.78, 5) is 23.6. The highest BCUT2D eigenvalue weighted by Crippen LogP contribution is 2.24. The van der Waals surface area contributed by atoms with Crippen molar-refractivity contribution in [1.29, 1.82) is 0 Å². The summed E-state index contributed by atoms with van der Waals surface area (Å²) in [5.74, 6) is 0.0165. The molecule has 1 atom stereocenters. The van der Waals surface area contributed by atoms with Crippen molar-refractivity contribution in [2.24, 2.45) is 5.92 Å². The second-order valence-electron chi connectivity index (χ2n) is 5.95. The van der Waals surface area contributed by atoms with Gasteiger partial charge in [0.25, 0.3) is 0 Å². The maximum atomic E-state index is 11.8. The van der Waals surface area contributed by atoms with Crippen LogP contribution in [0.25, 0.3) is 0 Å². The summed E-state index contributed by atoms with van der Waals surface area (Å²) in [6.07, 6.45) is 4.17. The maximum Gasteiger partial charge on any atom is 0.242 e.